The standard InChI is InChI=1S/C14H22N2O3S/c1-3-16-10-6-7-12(16)11-15(2)20(18,19)14-9-5-4-8-13(14)17/h4-5,8-9,12,17H,3,6-7,10-11H2,1-2H3. The maximum atomic E-state index is 12.5. The van der Waals surface area contributed by atoms with Crippen molar-refractivity contribution in [1.29, 1.82) is 0 Å². The zero-order valence-corrected chi connectivity index (χ0v) is 12.8. The Kier molecular flexibility index (Phi) is 4.67. The summed E-state index contributed by atoms with van der Waals surface area (Å²) in [5.41, 5.74) is 0. The number of benzene rings is 1. The van der Waals surface area contributed by atoms with Crippen molar-refractivity contribution in [1.82, 2.24) is 9.21 Å². The average molecular weight is 298 g/mol. The molecule has 1 aromatic rings. The molecule has 6 heteroatoms. The van der Waals surface area contributed by atoms with Crippen LogP contribution in [0.4, 0.5) is 0 Å². The second-order valence-corrected chi connectivity index (χ2v) is 7.19. The van der Waals surface area contributed by atoms with Crippen molar-refractivity contribution in [2.45, 2.75) is 30.7 Å². The van der Waals surface area contributed by atoms with Gasteiger partial charge in [0.2, 0.25) is 10.0 Å². The molecule has 1 aliphatic heterocycles. The first-order chi connectivity index (χ1) is 9.46. The van der Waals surface area contributed by atoms with E-state index in [1.165, 1.54) is 16.4 Å². The molecule has 2 rings (SSSR count). The third kappa shape index (κ3) is 2.97. The highest BCUT2D eigenvalue weighted by molar-refractivity contribution is 7.89. The lowest BCUT2D eigenvalue weighted by atomic mass is 10.2. The highest BCUT2D eigenvalue weighted by Crippen LogP contribution is 2.26. The molecule has 0 radical (unpaired) electrons. The van der Waals surface area contributed by atoms with Gasteiger partial charge >= 0.3 is 0 Å². The van der Waals surface area contributed by atoms with Crippen molar-refractivity contribution in [3.8, 4) is 5.75 Å². The first kappa shape index (κ1) is 15.3. The highest BCUT2D eigenvalue weighted by atomic mass is 32.2. The monoisotopic (exact) mass is 298 g/mol. The van der Waals surface area contributed by atoms with Gasteiger partial charge in [0, 0.05) is 19.6 Å². The number of aromatic hydroxyl groups is 1. The van der Waals surface area contributed by atoms with E-state index in [0.29, 0.717) is 6.54 Å². The summed E-state index contributed by atoms with van der Waals surface area (Å²) in [6.07, 6.45) is 2.14. The van der Waals surface area contributed by atoms with Crippen molar-refractivity contribution in [3.05, 3.63) is 24.3 Å². The Labute approximate surface area is 120 Å². The quantitative estimate of drug-likeness (QED) is 0.895. The van der Waals surface area contributed by atoms with Gasteiger partial charge in [-0.05, 0) is 38.1 Å². The molecule has 1 N–H and O–H groups in total. The van der Waals surface area contributed by atoms with Gasteiger partial charge < -0.3 is 5.11 Å². The fourth-order valence-electron chi connectivity index (χ4n) is 2.76. The van der Waals surface area contributed by atoms with Crippen LogP contribution < -0.4 is 0 Å². The summed E-state index contributed by atoms with van der Waals surface area (Å²) in [6, 6.07) is 6.34. The van der Waals surface area contributed by atoms with Crippen LogP contribution in [-0.4, -0.2) is 55.5 Å². The molecule has 1 fully saturated rings. The lowest BCUT2D eigenvalue weighted by Gasteiger charge is -2.27. The van der Waals surface area contributed by atoms with Crippen molar-refractivity contribution < 1.29 is 13.5 Å². The maximum Gasteiger partial charge on any atom is 0.246 e. The summed E-state index contributed by atoms with van der Waals surface area (Å²) >= 11 is 0. The molecule has 0 aromatic heterocycles. The Balaban J connectivity index is 2.16. The minimum absolute atomic E-state index is 0.0245. The number of nitrogens with zero attached hydrogens (tertiary/aromatic N) is 2. The smallest absolute Gasteiger partial charge is 0.246 e. The number of para-hydroxylation sites is 1. The molecule has 0 bridgehead atoms. The Morgan fingerprint density at radius 1 is 1.40 bits per heavy atom. The summed E-state index contributed by atoms with van der Waals surface area (Å²) in [5.74, 6) is -0.196. The van der Waals surface area contributed by atoms with Crippen LogP contribution in [-0.2, 0) is 10.0 Å². The summed E-state index contributed by atoms with van der Waals surface area (Å²) < 4.78 is 26.3. The second-order valence-electron chi connectivity index (χ2n) is 5.18. The second kappa shape index (κ2) is 6.11. The van der Waals surface area contributed by atoms with Crippen LogP contribution in [0.3, 0.4) is 0 Å². The first-order valence-electron chi connectivity index (χ1n) is 6.95. The zero-order chi connectivity index (χ0) is 14.8. The molecule has 5 nitrogen and oxygen atoms in total. The summed E-state index contributed by atoms with van der Waals surface area (Å²) in [5, 5.41) is 9.74. The zero-order valence-electron chi connectivity index (χ0n) is 12.0. The maximum absolute atomic E-state index is 12.5. The van der Waals surface area contributed by atoms with Gasteiger partial charge in [0.1, 0.15) is 10.6 Å². The summed E-state index contributed by atoms with van der Waals surface area (Å²) in [7, 11) is -2.05. The van der Waals surface area contributed by atoms with Gasteiger partial charge in [-0.25, -0.2) is 8.42 Å². The van der Waals surface area contributed by atoms with E-state index >= 15 is 0 Å². The molecule has 20 heavy (non-hydrogen) atoms. The van der Waals surface area contributed by atoms with Gasteiger partial charge in [-0.2, -0.15) is 4.31 Å². The van der Waals surface area contributed by atoms with E-state index in [2.05, 4.69) is 11.8 Å². The third-order valence-corrected chi connectivity index (χ3v) is 5.80. The molecule has 1 aliphatic rings. The minimum atomic E-state index is -3.63. The third-order valence-electron chi connectivity index (χ3n) is 3.93. The van der Waals surface area contributed by atoms with Crippen molar-refractivity contribution in [3.63, 3.8) is 0 Å². The number of hydrogen-bond acceptors (Lipinski definition) is 4. The number of likely N-dealkylation sites (N-methyl/N-ethyl adjacent to an activating group) is 2. The minimum Gasteiger partial charge on any atom is -0.507 e. The lowest BCUT2D eigenvalue weighted by molar-refractivity contribution is 0.237. The van der Waals surface area contributed by atoms with Crippen molar-refractivity contribution in [2.75, 3.05) is 26.7 Å². The topological polar surface area (TPSA) is 60.9 Å². The van der Waals surface area contributed by atoms with Crippen LogP contribution in [0.1, 0.15) is 19.8 Å². The average Bonchev–Trinajstić information content (AvgIpc) is 2.86. The summed E-state index contributed by atoms with van der Waals surface area (Å²) in [6.45, 7) is 4.53. The van der Waals surface area contributed by atoms with Crippen LogP contribution in [0.2, 0.25) is 0 Å². The normalized spacial score (nSPS) is 20.6. The lowest BCUT2D eigenvalue weighted by Crippen LogP contribution is -2.41. The predicted octanol–water partition coefficient (Wildman–Crippen LogP) is 1.50. The van der Waals surface area contributed by atoms with E-state index < -0.39 is 10.0 Å². The molecule has 1 heterocycles. The molecular weight excluding hydrogens is 276 g/mol. The van der Waals surface area contributed by atoms with Gasteiger partial charge in [0.25, 0.3) is 0 Å². The molecule has 0 saturated carbocycles. The van der Waals surface area contributed by atoms with Gasteiger partial charge in [-0.3, -0.25) is 4.90 Å². The Hall–Kier alpha value is -1.11. The van der Waals surface area contributed by atoms with Gasteiger partial charge in [-0.15, -0.1) is 0 Å². The Morgan fingerprint density at radius 3 is 2.75 bits per heavy atom. The number of sulfonamides is 1. The SMILES string of the molecule is CCN1CCCC1CN(C)S(=O)(=O)c1ccccc1O. The van der Waals surface area contributed by atoms with Crippen LogP contribution in [0, 0.1) is 0 Å². The Bertz CT molecular complexity index is 559. The highest BCUT2D eigenvalue weighted by Gasteiger charge is 2.30. The van der Waals surface area contributed by atoms with E-state index in [1.807, 2.05) is 0 Å². The van der Waals surface area contributed by atoms with E-state index in [1.54, 1.807) is 19.2 Å². The van der Waals surface area contributed by atoms with E-state index in [0.717, 1.165) is 25.9 Å². The van der Waals surface area contributed by atoms with Crippen molar-refractivity contribution >= 4 is 10.0 Å². The van der Waals surface area contributed by atoms with Crippen LogP contribution >= 0.6 is 0 Å². The fourth-order valence-corrected chi connectivity index (χ4v) is 4.04. The van der Waals surface area contributed by atoms with Gasteiger partial charge in [0.05, 0.1) is 0 Å². The first-order valence-corrected chi connectivity index (χ1v) is 8.39. The molecule has 0 spiro atoms. The van der Waals surface area contributed by atoms with E-state index in [-0.39, 0.29) is 16.7 Å². The largest absolute Gasteiger partial charge is 0.507 e. The number of phenols is 1. The fraction of sp³-hybridized carbons (Fsp3) is 0.571. The number of rotatable bonds is 5. The summed E-state index contributed by atoms with van der Waals surface area (Å²) in [4.78, 5) is 2.28. The molecule has 1 unspecified atom stereocenters. The number of hydrogen-bond donors (Lipinski definition) is 1. The molecule has 1 aromatic carbocycles. The molecule has 1 atom stereocenters. The van der Waals surface area contributed by atoms with Crippen molar-refractivity contribution in [2.24, 2.45) is 0 Å². The Morgan fingerprint density at radius 2 is 2.10 bits per heavy atom. The molecule has 112 valence electrons. The molecular formula is C14H22N2O3S. The molecule has 1 saturated heterocycles. The van der Waals surface area contributed by atoms with Crippen LogP contribution in [0.5, 0.6) is 5.75 Å². The molecule has 0 amide bonds. The van der Waals surface area contributed by atoms with E-state index in [9.17, 15) is 13.5 Å². The van der Waals surface area contributed by atoms with Gasteiger partial charge in [0.15, 0.2) is 0 Å². The predicted molar refractivity (Wildman–Crippen MR) is 78.2 cm³/mol. The van der Waals surface area contributed by atoms with Gasteiger partial charge in [-0.1, -0.05) is 19.1 Å². The van der Waals surface area contributed by atoms with E-state index in [4.69, 9.17) is 0 Å². The number of phenolic OH excluding ortho intramolecular Hbond substituents is 1. The number of likely N-dealkylation sites (tertiary alicyclic amines) is 1. The molecule has 0 aliphatic carbocycles. The van der Waals surface area contributed by atoms with Crippen LogP contribution in [0.25, 0.3) is 0 Å². The van der Waals surface area contributed by atoms with Crippen LogP contribution in [0.15, 0.2) is 29.2 Å².